The van der Waals surface area contributed by atoms with Crippen LogP contribution in [0.5, 0.6) is 5.75 Å². The highest BCUT2D eigenvalue weighted by Crippen LogP contribution is 2.16. The number of hydrogen-bond acceptors (Lipinski definition) is 4. The Kier molecular flexibility index (Phi) is 3.25. The first-order chi connectivity index (χ1) is 9.78. The van der Waals surface area contributed by atoms with Gasteiger partial charge in [0, 0.05) is 6.42 Å². The van der Waals surface area contributed by atoms with Crippen LogP contribution in [0.4, 0.5) is 5.82 Å². The van der Waals surface area contributed by atoms with Crippen LogP contribution in [-0.2, 0) is 12.8 Å². The predicted molar refractivity (Wildman–Crippen MR) is 77.8 cm³/mol. The Morgan fingerprint density at radius 2 is 1.95 bits per heavy atom. The fourth-order valence-corrected chi connectivity index (χ4v) is 2.27. The Morgan fingerprint density at radius 3 is 2.80 bits per heavy atom. The topological polar surface area (TPSA) is 65.4 Å². The summed E-state index contributed by atoms with van der Waals surface area (Å²) in [4.78, 5) is 0. The fraction of sp³-hybridized carbons (Fsp3) is 0.200. The molecule has 0 atom stereocenters. The Morgan fingerprint density at radius 1 is 1.10 bits per heavy atom. The largest absolute Gasteiger partial charge is 0.497 e. The van der Waals surface area contributed by atoms with Crippen molar-refractivity contribution in [3.8, 4) is 5.75 Å². The van der Waals surface area contributed by atoms with E-state index in [0.717, 1.165) is 30.1 Å². The molecular formula is C15H16N4O. The Balaban J connectivity index is 1.83. The van der Waals surface area contributed by atoms with E-state index < -0.39 is 0 Å². The zero-order valence-corrected chi connectivity index (χ0v) is 11.3. The minimum Gasteiger partial charge on any atom is -0.497 e. The van der Waals surface area contributed by atoms with Gasteiger partial charge in [-0.25, -0.2) is 0 Å². The normalized spacial score (nSPS) is 10.8. The summed E-state index contributed by atoms with van der Waals surface area (Å²) in [5, 5.41) is 8.35. The van der Waals surface area contributed by atoms with E-state index in [0.29, 0.717) is 5.82 Å². The third-order valence-electron chi connectivity index (χ3n) is 3.30. The van der Waals surface area contributed by atoms with Crippen LogP contribution in [0.25, 0.3) is 5.65 Å². The molecule has 0 aliphatic heterocycles. The summed E-state index contributed by atoms with van der Waals surface area (Å²) in [6, 6.07) is 13.7. The molecule has 0 radical (unpaired) electrons. The highest BCUT2D eigenvalue weighted by atomic mass is 16.5. The maximum Gasteiger partial charge on any atom is 0.162 e. The maximum absolute atomic E-state index is 5.98. The number of ether oxygens (including phenoxy) is 1. The van der Waals surface area contributed by atoms with Crippen LogP contribution in [0.1, 0.15) is 11.4 Å². The smallest absolute Gasteiger partial charge is 0.162 e. The van der Waals surface area contributed by atoms with Crippen LogP contribution in [0.2, 0.25) is 0 Å². The molecule has 1 aromatic carbocycles. The third kappa shape index (κ3) is 2.30. The predicted octanol–water partition coefficient (Wildman–Crippen LogP) is 2.11. The van der Waals surface area contributed by atoms with E-state index in [1.165, 1.54) is 5.56 Å². The van der Waals surface area contributed by atoms with Gasteiger partial charge in [-0.05, 0) is 36.2 Å². The number of nitrogens with two attached hydrogens (primary N) is 1. The summed E-state index contributed by atoms with van der Waals surface area (Å²) in [5.74, 6) is 2.40. The molecule has 0 spiro atoms. The van der Waals surface area contributed by atoms with E-state index in [9.17, 15) is 0 Å². The molecular weight excluding hydrogens is 252 g/mol. The summed E-state index contributed by atoms with van der Waals surface area (Å²) in [6.45, 7) is 0. The number of pyridine rings is 1. The molecule has 0 saturated carbocycles. The van der Waals surface area contributed by atoms with Gasteiger partial charge in [-0.15, -0.1) is 10.2 Å². The van der Waals surface area contributed by atoms with Gasteiger partial charge in [-0.2, -0.15) is 0 Å². The molecule has 3 aromatic rings. The Labute approximate surface area is 117 Å². The van der Waals surface area contributed by atoms with Gasteiger partial charge in [0.15, 0.2) is 5.65 Å². The van der Waals surface area contributed by atoms with E-state index in [2.05, 4.69) is 16.3 Å². The number of methoxy groups -OCH3 is 1. The molecule has 0 aliphatic carbocycles. The second kappa shape index (κ2) is 5.21. The van der Waals surface area contributed by atoms with Gasteiger partial charge in [-0.3, -0.25) is 4.40 Å². The van der Waals surface area contributed by atoms with Gasteiger partial charge in [0.2, 0.25) is 0 Å². The fourth-order valence-electron chi connectivity index (χ4n) is 2.27. The molecule has 3 rings (SSSR count). The number of hydrogen-bond donors (Lipinski definition) is 1. The lowest BCUT2D eigenvalue weighted by atomic mass is 10.1. The summed E-state index contributed by atoms with van der Waals surface area (Å²) >= 11 is 0. The number of anilines is 1. The number of nitrogens with zero attached hydrogens (tertiary/aromatic N) is 3. The Bertz CT molecular complexity index is 736. The van der Waals surface area contributed by atoms with Crippen molar-refractivity contribution in [3.05, 3.63) is 53.9 Å². The SMILES string of the molecule is COc1cccc(CCc2nnc3cccc(N)n23)c1. The first-order valence-corrected chi connectivity index (χ1v) is 6.49. The molecule has 0 saturated heterocycles. The van der Waals surface area contributed by atoms with Crippen LogP contribution in [0, 0.1) is 0 Å². The van der Waals surface area contributed by atoms with Crippen molar-refractivity contribution in [3.63, 3.8) is 0 Å². The molecule has 0 bridgehead atoms. The number of fused-ring (bicyclic) bond motifs is 1. The highest BCUT2D eigenvalue weighted by Gasteiger charge is 2.07. The first-order valence-electron chi connectivity index (χ1n) is 6.49. The van der Waals surface area contributed by atoms with Crippen molar-refractivity contribution in [1.29, 1.82) is 0 Å². The molecule has 5 nitrogen and oxygen atoms in total. The number of nitrogen functional groups attached to an aromatic ring is 1. The molecule has 5 heteroatoms. The van der Waals surface area contributed by atoms with Gasteiger partial charge >= 0.3 is 0 Å². The second-order valence-corrected chi connectivity index (χ2v) is 4.61. The minimum atomic E-state index is 0.660. The lowest BCUT2D eigenvalue weighted by Gasteiger charge is -2.05. The van der Waals surface area contributed by atoms with Gasteiger partial charge in [0.25, 0.3) is 0 Å². The van der Waals surface area contributed by atoms with Gasteiger partial charge < -0.3 is 10.5 Å². The lowest BCUT2D eigenvalue weighted by molar-refractivity contribution is 0.414. The monoisotopic (exact) mass is 268 g/mol. The zero-order valence-electron chi connectivity index (χ0n) is 11.3. The molecule has 2 N–H and O–H groups in total. The summed E-state index contributed by atoms with van der Waals surface area (Å²) in [7, 11) is 1.67. The van der Waals surface area contributed by atoms with Crippen molar-refractivity contribution < 1.29 is 4.74 Å². The quantitative estimate of drug-likeness (QED) is 0.787. The number of rotatable bonds is 4. The number of benzene rings is 1. The minimum absolute atomic E-state index is 0.660. The van der Waals surface area contributed by atoms with E-state index in [1.54, 1.807) is 7.11 Å². The van der Waals surface area contributed by atoms with E-state index in [-0.39, 0.29) is 0 Å². The van der Waals surface area contributed by atoms with Crippen LogP contribution < -0.4 is 10.5 Å². The van der Waals surface area contributed by atoms with Gasteiger partial charge in [0.1, 0.15) is 17.4 Å². The van der Waals surface area contributed by atoms with Crippen LogP contribution in [-0.4, -0.2) is 21.7 Å². The van der Waals surface area contributed by atoms with Crippen molar-refractivity contribution >= 4 is 11.5 Å². The second-order valence-electron chi connectivity index (χ2n) is 4.61. The summed E-state index contributed by atoms with van der Waals surface area (Å²) < 4.78 is 7.12. The molecule has 0 aliphatic rings. The van der Waals surface area contributed by atoms with Crippen molar-refractivity contribution in [2.75, 3.05) is 12.8 Å². The molecule has 0 unspecified atom stereocenters. The number of aryl methyl sites for hydroxylation is 2. The third-order valence-corrected chi connectivity index (χ3v) is 3.30. The molecule has 20 heavy (non-hydrogen) atoms. The van der Waals surface area contributed by atoms with Crippen LogP contribution >= 0.6 is 0 Å². The highest BCUT2D eigenvalue weighted by molar-refractivity contribution is 5.47. The summed E-state index contributed by atoms with van der Waals surface area (Å²) in [5.41, 5.74) is 7.97. The molecule has 2 heterocycles. The summed E-state index contributed by atoms with van der Waals surface area (Å²) in [6.07, 6.45) is 1.65. The van der Waals surface area contributed by atoms with E-state index >= 15 is 0 Å². The average molecular weight is 268 g/mol. The van der Waals surface area contributed by atoms with E-state index in [4.69, 9.17) is 10.5 Å². The van der Waals surface area contributed by atoms with Crippen LogP contribution in [0.3, 0.4) is 0 Å². The first kappa shape index (κ1) is 12.5. The lowest BCUT2D eigenvalue weighted by Crippen LogP contribution is -2.02. The maximum atomic E-state index is 5.98. The van der Waals surface area contributed by atoms with Crippen molar-refractivity contribution in [2.45, 2.75) is 12.8 Å². The molecule has 102 valence electrons. The van der Waals surface area contributed by atoms with Gasteiger partial charge in [0.05, 0.1) is 7.11 Å². The van der Waals surface area contributed by atoms with Crippen LogP contribution in [0.15, 0.2) is 42.5 Å². The Hall–Kier alpha value is -2.56. The molecule has 2 aromatic heterocycles. The van der Waals surface area contributed by atoms with Crippen molar-refractivity contribution in [1.82, 2.24) is 14.6 Å². The molecule has 0 fully saturated rings. The average Bonchev–Trinajstić information content (AvgIpc) is 2.90. The molecule has 0 amide bonds. The zero-order chi connectivity index (χ0) is 13.9. The van der Waals surface area contributed by atoms with E-state index in [1.807, 2.05) is 40.8 Å². The van der Waals surface area contributed by atoms with Gasteiger partial charge in [-0.1, -0.05) is 18.2 Å². The van der Waals surface area contributed by atoms with Crippen molar-refractivity contribution in [2.24, 2.45) is 0 Å². The number of aromatic nitrogens is 3. The standard InChI is InChI=1S/C15H16N4O/c1-20-12-5-2-4-11(10-12)8-9-15-18-17-14-7-3-6-13(16)19(14)15/h2-7,10H,8-9,16H2,1H3.